The lowest BCUT2D eigenvalue weighted by molar-refractivity contribution is 0.284. The minimum atomic E-state index is -0.228. The molecule has 0 spiro atoms. The fraction of sp³-hybridized carbons (Fsp3) is 0.929. The summed E-state index contributed by atoms with van der Waals surface area (Å²) < 4.78 is 0. The number of likely N-dealkylation sites (N-methyl/N-ethyl adjacent to an activating group) is 1. The first-order valence-electron chi connectivity index (χ1n) is 7.08. The summed E-state index contributed by atoms with van der Waals surface area (Å²) in [5.74, 6) is 0.746. The highest BCUT2D eigenvalue weighted by Crippen LogP contribution is 2.35. The quantitative estimate of drug-likeness (QED) is 0.739. The van der Waals surface area contributed by atoms with Crippen molar-refractivity contribution in [3.8, 4) is 6.07 Å². The Labute approximate surface area is 106 Å². The van der Waals surface area contributed by atoms with Crippen molar-refractivity contribution < 1.29 is 0 Å². The molecule has 1 saturated carbocycles. The molecule has 1 aliphatic rings. The first kappa shape index (κ1) is 14.5. The summed E-state index contributed by atoms with van der Waals surface area (Å²) in [6.07, 6.45) is 4.49. The highest BCUT2D eigenvalue weighted by atomic mass is 15.1. The number of nitrogens with one attached hydrogen (secondary N) is 1. The maximum atomic E-state index is 9.38. The van der Waals surface area contributed by atoms with E-state index in [-0.39, 0.29) is 5.54 Å². The van der Waals surface area contributed by atoms with Crippen LogP contribution in [-0.4, -0.2) is 36.6 Å². The summed E-state index contributed by atoms with van der Waals surface area (Å²) in [5, 5.41) is 12.9. The normalized spacial score (nSPS) is 28.5. The fourth-order valence-electron chi connectivity index (χ4n) is 2.79. The molecule has 0 aromatic carbocycles. The van der Waals surface area contributed by atoms with Gasteiger partial charge in [-0.1, -0.05) is 27.2 Å². The average molecular weight is 237 g/mol. The summed E-state index contributed by atoms with van der Waals surface area (Å²) in [7, 11) is 0. The third-order valence-corrected chi connectivity index (χ3v) is 4.19. The van der Waals surface area contributed by atoms with Crippen molar-refractivity contribution >= 4 is 0 Å². The highest BCUT2D eigenvalue weighted by molar-refractivity contribution is 5.11. The highest BCUT2D eigenvalue weighted by Gasteiger charge is 2.38. The molecule has 2 unspecified atom stereocenters. The zero-order valence-electron chi connectivity index (χ0n) is 11.6. The van der Waals surface area contributed by atoms with Gasteiger partial charge in [0.1, 0.15) is 5.54 Å². The fourth-order valence-corrected chi connectivity index (χ4v) is 2.79. The number of nitrogens with zero attached hydrogens (tertiary/aromatic N) is 2. The molecular formula is C14H27N3. The van der Waals surface area contributed by atoms with Gasteiger partial charge in [-0.15, -0.1) is 0 Å². The molecule has 0 heterocycles. The van der Waals surface area contributed by atoms with Gasteiger partial charge in [0, 0.05) is 13.1 Å². The maximum absolute atomic E-state index is 9.38. The SMILES string of the molecule is CCC1CCC(C#N)(NCCN(CC)CC)C1. The third kappa shape index (κ3) is 3.97. The maximum Gasteiger partial charge on any atom is 0.107 e. The van der Waals surface area contributed by atoms with Gasteiger partial charge in [-0.05, 0) is 38.3 Å². The van der Waals surface area contributed by atoms with E-state index in [1.54, 1.807) is 0 Å². The average Bonchev–Trinajstić information content (AvgIpc) is 2.79. The van der Waals surface area contributed by atoms with Gasteiger partial charge in [-0.3, -0.25) is 5.32 Å². The van der Waals surface area contributed by atoms with Crippen molar-refractivity contribution in [2.75, 3.05) is 26.2 Å². The first-order valence-corrected chi connectivity index (χ1v) is 7.08. The third-order valence-electron chi connectivity index (χ3n) is 4.19. The lowest BCUT2D eigenvalue weighted by Gasteiger charge is -2.25. The van der Waals surface area contributed by atoms with Gasteiger partial charge in [0.2, 0.25) is 0 Å². The Morgan fingerprint density at radius 1 is 1.35 bits per heavy atom. The van der Waals surface area contributed by atoms with Crippen molar-refractivity contribution in [1.82, 2.24) is 10.2 Å². The van der Waals surface area contributed by atoms with Gasteiger partial charge in [0.25, 0.3) is 0 Å². The molecule has 1 rings (SSSR count). The van der Waals surface area contributed by atoms with E-state index in [2.05, 4.69) is 37.1 Å². The standard InChI is InChI=1S/C14H27N3/c1-4-13-7-8-14(11-13,12-15)16-9-10-17(5-2)6-3/h13,16H,4-11H2,1-3H3. The van der Waals surface area contributed by atoms with E-state index in [0.717, 1.165) is 44.9 Å². The molecule has 17 heavy (non-hydrogen) atoms. The van der Waals surface area contributed by atoms with Crippen molar-refractivity contribution in [2.45, 2.75) is 52.0 Å². The minimum absolute atomic E-state index is 0.228. The Morgan fingerprint density at radius 2 is 2.06 bits per heavy atom. The summed E-state index contributed by atoms with van der Waals surface area (Å²) >= 11 is 0. The van der Waals surface area contributed by atoms with Crippen LogP contribution in [0.25, 0.3) is 0 Å². The van der Waals surface area contributed by atoms with Gasteiger partial charge in [-0.2, -0.15) is 5.26 Å². The first-order chi connectivity index (χ1) is 8.19. The number of hydrogen-bond donors (Lipinski definition) is 1. The largest absolute Gasteiger partial charge is 0.303 e. The van der Waals surface area contributed by atoms with Crippen LogP contribution in [0.15, 0.2) is 0 Å². The van der Waals surface area contributed by atoms with Crippen LogP contribution in [0.3, 0.4) is 0 Å². The monoisotopic (exact) mass is 237 g/mol. The van der Waals surface area contributed by atoms with Gasteiger partial charge in [-0.25, -0.2) is 0 Å². The molecule has 98 valence electrons. The van der Waals surface area contributed by atoms with Crippen LogP contribution in [0, 0.1) is 17.2 Å². The molecule has 3 nitrogen and oxygen atoms in total. The van der Waals surface area contributed by atoms with Crippen LogP contribution in [0.2, 0.25) is 0 Å². The Bertz CT molecular complexity index is 255. The summed E-state index contributed by atoms with van der Waals surface area (Å²) in [4.78, 5) is 2.39. The smallest absolute Gasteiger partial charge is 0.107 e. The Balaban J connectivity index is 2.36. The van der Waals surface area contributed by atoms with Crippen LogP contribution in [0.4, 0.5) is 0 Å². The molecule has 0 amide bonds. The number of rotatable bonds is 7. The van der Waals surface area contributed by atoms with Crippen LogP contribution in [0.1, 0.15) is 46.5 Å². The van der Waals surface area contributed by atoms with Gasteiger partial charge in [0.15, 0.2) is 0 Å². The van der Waals surface area contributed by atoms with Gasteiger partial charge < -0.3 is 4.90 Å². The zero-order chi connectivity index (χ0) is 12.7. The lowest BCUT2D eigenvalue weighted by atomic mass is 9.96. The second kappa shape index (κ2) is 6.98. The summed E-state index contributed by atoms with van der Waals surface area (Å²) in [5.41, 5.74) is -0.228. The predicted molar refractivity (Wildman–Crippen MR) is 71.8 cm³/mol. The minimum Gasteiger partial charge on any atom is -0.303 e. The number of nitriles is 1. The van der Waals surface area contributed by atoms with Crippen LogP contribution in [0.5, 0.6) is 0 Å². The van der Waals surface area contributed by atoms with Crippen molar-refractivity contribution in [1.29, 1.82) is 5.26 Å². The lowest BCUT2D eigenvalue weighted by Crippen LogP contribution is -2.45. The molecule has 2 atom stereocenters. The van der Waals surface area contributed by atoms with E-state index in [1.165, 1.54) is 12.8 Å². The van der Waals surface area contributed by atoms with E-state index >= 15 is 0 Å². The molecule has 0 aromatic heterocycles. The topological polar surface area (TPSA) is 39.1 Å². The Hall–Kier alpha value is -0.590. The van der Waals surface area contributed by atoms with Crippen LogP contribution >= 0.6 is 0 Å². The molecule has 0 aliphatic heterocycles. The molecule has 0 saturated heterocycles. The van der Waals surface area contributed by atoms with E-state index in [4.69, 9.17) is 0 Å². The second-order valence-electron chi connectivity index (χ2n) is 5.16. The molecule has 0 radical (unpaired) electrons. The molecule has 1 fully saturated rings. The van der Waals surface area contributed by atoms with Crippen molar-refractivity contribution in [2.24, 2.45) is 5.92 Å². The van der Waals surface area contributed by atoms with E-state index < -0.39 is 0 Å². The number of hydrogen-bond acceptors (Lipinski definition) is 3. The van der Waals surface area contributed by atoms with Crippen molar-refractivity contribution in [3.63, 3.8) is 0 Å². The summed E-state index contributed by atoms with van der Waals surface area (Å²) in [6, 6.07) is 2.52. The Morgan fingerprint density at radius 3 is 2.53 bits per heavy atom. The molecule has 1 aliphatic carbocycles. The second-order valence-corrected chi connectivity index (χ2v) is 5.16. The predicted octanol–water partition coefficient (Wildman–Crippen LogP) is 2.39. The zero-order valence-corrected chi connectivity index (χ0v) is 11.6. The van der Waals surface area contributed by atoms with E-state index in [0.29, 0.717) is 0 Å². The molecular weight excluding hydrogens is 210 g/mol. The van der Waals surface area contributed by atoms with E-state index in [9.17, 15) is 5.26 Å². The molecule has 3 heteroatoms. The molecule has 0 bridgehead atoms. The van der Waals surface area contributed by atoms with Gasteiger partial charge >= 0.3 is 0 Å². The van der Waals surface area contributed by atoms with Crippen molar-refractivity contribution in [3.05, 3.63) is 0 Å². The molecule has 0 aromatic rings. The molecule has 1 N–H and O–H groups in total. The van der Waals surface area contributed by atoms with Gasteiger partial charge in [0.05, 0.1) is 6.07 Å². The Kier molecular flexibility index (Phi) is 5.94. The van der Waals surface area contributed by atoms with Crippen LogP contribution in [-0.2, 0) is 0 Å². The summed E-state index contributed by atoms with van der Waals surface area (Å²) in [6.45, 7) is 10.8. The van der Waals surface area contributed by atoms with Crippen LogP contribution < -0.4 is 5.32 Å². The van der Waals surface area contributed by atoms with E-state index in [1.807, 2.05) is 0 Å².